The van der Waals surface area contributed by atoms with E-state index in [0.717, 1.165) is 11.0 Å². The van der Waals surface area contributed by atoms with Gasteiger partial charge in [-0.25, -0.2) is 0 Å². The summed E-state index contributed by atoms with van der Waals surface area (Å²) in [5.74, 6) is 0.635. The molecule has 0 fully saturated rings. The van der Waals surface area contributed by atoms with Crippen molar-refractivity contribution in [3.63, 3.8) is 0 Å². The fourth-order valence-electron chi connectivity index (χ4n) is 2.91. The van der Waals surface area contributed by atoms with Crippen LogP contribution in [-0.2, 0) is 0 Å². The van der Waals surface area contributed by atoms with E-state index in [9.17, 15) is 0 Å². The molecule has 0 atom stereocenters. The lowest BCUT2D eigenvalue weighted by Crippen LogP contribution is -1.99. The third-order valence-electron chi connectivity index (χ3n) is 3.90. The molecule has 0 bridgehead atoms. The van der Waals surface area contributed by atoms with E-state index in [1.54, 1.807) is 12.4 Å². The number of hydrogen-bond donors (Lipinski definition) is 0. The summed E-state index contributed by atoms with van der Waals surface area (Å²) in [6, 6.07) is 4.38. The summed E-state index contributed by atoms with van der Waals surface area (Å²) in [6.07, 6.45) is 20.7. The van der Waals surface area contributed by atoms with E-state index < -0.39 is 0 Å². The number of rotatable bonds is 2. The summed E-state index contributed by atoms with van der Waals surface area (Å²) < 4.78 is 0. The number of aromatic nitrogens is 2. The van der Waals surface area contributed by atoms with Crippen LogP contribution in [0.5, 0.6) is 0 Å². The zero-order valence-electron chi connectivity index (χ0n) is 11.0. The summed E-state index contributed by atoms with van der Waals surface area (Å²) in [5.41, 5.74) is 4.49. The third kappa shape index (κ3) is 1.73. The Kier molecular flexibility index (Phi) is 2.59. The molecule has 1 aromatic heterocycles. The highest BCUT2D eigenvalue weighted by Crippen LogP contribution is 2.33. The Morgan fingerprint density at radius 3 is 1.40 bits per heavy atom. The summed E-state index contributed by atoms with van der Waals surface area (Å²) in [5, 5.41) is 0. The van der Waals surface area contributed by atoms with Gasteiger partial charge in [0, 0.05) is 24.2 Å². The fraction of sp³-hybridized carbons (Fsp3) is 0.111. The molecule has 4 rings (SSSR count). The summed E-state index contributed by atoms with van der Waals surface area (Å²) in [6.45, 7) is 0. The molecule has 20 heavy (non-hydrogen) atoms. The van der Waals surface area contributed by atoms with Crippen molar-refractivity contribution in [1.29, 1.82) is 0 Å². The SMILES string of the molecule is C1=CC(c2ccc(C3C=CC=C3)c3nccnc23)C=C1. The molecule has 2 aliphatic carbocycles. The molecule has 2 heteroatoms. The third-order valence-corrected chi connectivity index (χ3v) is 3.90. The van der Waals surface area contributed by atoms with Gasteiger partial charge in [-0.15, -0.1) is 0 Å². The summed E-state index contributed by atoms with van der Waals surface area (Å²) in [4.78, 5) is 9.16. The molecule has 2 aromatic rings. The van der Waals surface area contributed by atoms with Crippen LogP contribution in [0.1, 0.15) is 23.0 Å². The Bertz CT molecular complexity index is 691. The van der Waals surface area contributed by atoms with E-state index >= 15 is 0 Å². The van der Waals surface area contributed by atoms with Crippen molar-refractivity contribution < 1.29 is 0 Å². The maximum atomic E-state index is 4.58. The minimum absolute atomic E-state index is 0.318. The highest BCUT2D eigenvalue weighted by atomic mass is 14.8. The van der Waals surface area contributed by atoms with Crippen LogP contribution in [0.3, 0.4) is 0 Å². The average molecular weight is 258 g/mol. The van der Waals surface area contributed by atoms with E-state index in [1.807, 2.05) is 0 Å². The second kappa shape index (κ2) is 4.57. The number of benzene rings is 1. The summed E-state index contributed by atoms with van der Waals surface area (Å²) in [7, 11) is 0. The van der Waals surface area contributed by atoms with Gasteiger partial charge in [-0.1, -0.05) is 60.7 Å². The van der Waals surface area contributed by atoms with E-state index in [1.165, 1.54) is 11.1 Å². The minimum Gasteiger partial charge on any atom is -0.253 e. The monoisotopic (exact) mass is 258 g/mol. The van der Waals surface area contributed by atoms with Crippen LogP contribution in [0.25, 0.3) is 11.0 Å². The zero-order chi connectivity index (χ0) is 13.4. The Labute approximate surface area is 117 Å². The van der Waals surface area contributed by atoms with Crippen molar-refractivity contribution in [2.45, 2.75) is 11.8 Å². The molecule has 1 aromatic carbocycles. The standard InChI is InChI=1S/C18H14N2/c1-2-6-13(5-1)15-9-10-16(14-7-3-4-8-14)18-17(15)19-11-12-20-18/h1-14H. The van der Waals surface area contributed by atoms with E-state index in [-0.39, 0.29) is 0 Å². The van der Waals surface area contributed by atoms with Gasteiger partial charge in [-0.05, 0) is 11.1 Å². The maximum Gasteiger partial charge on any atom is 0.0931 e. The molecular formula is C18H14N2. The van der Waals surface area contributed by atoms with Gasteiger partial charge in [0.15, 0.2) is 0 Å². The predicted molar refractivity (Wildman–Crippen MR) is 81.6 cm³/mol. The molecule has 1 heterocycles. The lowest BCUT2D eigenvalue weighted by Gasteiger charge is -2.14. The molecule has 0 radical (unpaired) electrons. The number of hydrogen-bond acceptors (Lipinski definition) is 2. The van der Waals surface area contributed by atoms with Crippen molar-refractivity contribution in [3.8, 4) is 0 Å². The molecule has 0 saturated heterocycles. The molecule has 0 amide bonds. The number of fused-ring (bicyclic) bond motifs is 1. The molecule has 2 nitrogen and oxygen atoms in total. The number of allylic oxidation sites excluding steroid dienone is 8. The van der Waals surface area contributed by atoms with Gasteiger partial charge in [-0.3, -0.25) is 9.97 Å². The van der Waals surface area contributed by atoms with Crippen molar-refractivity contribution >= 4 is 11.0 Å². The van der Waals surface area contributed by atoms with Gasteiger partial charge < -0.3 is 0 Å². The molecule has 0 unspecified atom stereocenters. The topological polar surface area (TPSA) is 25.8 Å². The predicted octanol–water partition coefficient (Wildman–Crippen LogP) is 4.05. The Morgan fingerprint density at radius 2 is 1.00 bits per heavy atom. The first kappa shape index (κ1) is 11.4. The second-order valence-corrected chi connectivity index (χ2v) is 5.09. The Hall–Kier alpha value is -2.48. The lowest BCUT2D eigenvalue weighted by molar-refractivity contribution is 1.07. The molecule has 0 saturated carbocycles. The van der Waals surface area contributed by atoms with Gasteiger partial charge in [0.05, 0.1) is 11.0 Å². The molecule has 0 N–H and O–H groups in total. The smallest absolute Gasteiger partial charge is 0.0931 e. The minimum atomic E-state index is 0.318. The van der Waals surface area contributed by atoms with Gasteiger partial charge in [-0.2, -0.15) is 0 Å². The first-order chi connectivity index (χ1) is 9.93. The molecule has 0 aliphatic heterocycles. The van der Waals surface area contributed by atoms with Crippen LogP contribution < -0.4 is 0 Å². The van der Waals surface area contributed by atoms with Crippen LogP contribution in [0, 0.1) is 0 Å². The molecular weight excluding hydrogens is 244 g/mol. The van der Waals surface area contributed by atoms with E-state index in [4.69, 9.17) is 0 Å². The zero-order valence-corrected chi connectivity index (χ0v) is 11.0. The highest BCUT2D eigenvalue weighted by Gasteiger charge is 2.18. The van der Waals surface area contributed by atoms with Crippen molar-refractivity contribution in [2.75, 3.05) is 0 Å². The van der Waals surface area contributed by atoms with Crippen molar-refractivity contribution in [1.82, 2.24) is 9.97 Å². The van der Waals surface area contributed by atoms with Crippen molar-refractivity contribution in [3.05, 3.63) is 84.3 Å². The van der Waals surface area contributed by atoms with Crippen molar-refractivity contribution in [2.24, 2.45) is 0 Å². The summed E-state index contributed by atoms with van der Waals surface area (Å²) >= 11 is 0. The number of nitrogens with zero attached hydrogens (tertiary/aromatic N) is 2. The molecule has 2 aliphatic rings. The highest BCUT2D eigenvalue weighted by molar-refractivity contribution is 5.83. The largest absolute Gasteiger partial charge is 0.253 e. The van der Waals surface area contributed by atoms with Crippen LogP contribution in [0.4, 0.5) is 0 Å². The first-order valence-corrected chi connectivity index (χ1v) is 6.87. The van der Waals surface area contributed by atoms with Gasteiger partial charge in [0.1, 0.15) is 0 Å². The molecule has 96 valence electrons. The fourth-order valence-corrected chi connectivity index (χ4v) is 2.91. The first-order valence-electron chi connectivity index (χ1n) is 6.87. The lowest BCUT2D eigenvalue weighted by atomic mass is 9.92. The normalized spacial score (nSPS) is 17.8. The van der Waals surface area contributed by atoms with E-state index in [0.29, 0.717) is 11.8 Å². The Balaban J connectivity index is 1.94. The second-order valence-electron chi connectivity index (χ2n) is 5.09. The maximum absolute atomic E-state index is 4.58. The van der Waals surface area contributed by atoms with Crippen LogP contribution in [0.15, 0.2) is 73.1 Å². The van der Waals surface area contributed by atoms with Crippen LogP contribution in [0.2, 0.25) is 0 Å². The molecule has 0 spiro atoms. The average Bonchev–Trinajstić information content (AvgIpc) is 3.19. The Morgan fingerprint density at radius 1 is 0.600 bits per heavy atom. The van der Waals surface area contributed by atoms with Gasteiger partial charge in [0.25, 0.3) is 0 Å². The van der Waals surface area contributed by atoms with Gasteiger partial charge >= 0.3 is 0 Å². The quantitative estimate of drug-likeness (QED) is 0.812. The van der Waals surface area contributed by atoms with Gasteiger partial charge in [0.2, 0.25) is 0 Å². The van der Waals surface area contributed by atoms with E-state index in [2.05, 4.69) is 70.7 Å². The van der Waals surface area contributed by atoms with Crippen LogP contribution in [-0.4, -0.2) is 9.97 Å². The van der Waals surface area contributed by atoms with Crippen LogP contribution >= 0.6 is 0 Å².